The Morgan fingerprint density at radius 1 is 1.23 bits per heavy atom. The number of fused-ring (bicyclic) bond motifs is 1. The summed E-state index contributed by atoms with van der Waals surface area (Å²) in [6.07, 6.45) is 2.28. The number of rotatable bonds is 8. The van der Waals surface area contributed by atoms with Gasteiger partial charge in [-0.1, -0.05) is 15.9 Å². The molecule has 0 amide bonds. The molecule has 0 aliphatic rings. The molecule has 31 heavy (non-hydrogen) atoms. The minimum Gasteiger partial charge on any atom is -0.481 e. The van der Waals surface area contributed by atoms with Crippen LogP contribution in [0.5, 0.6) is 5.88 Å². The van der Waals surface area contributed by atoms with Crippen molar-refractivity contribution in [2.45, 2.75) is 6.54 Å². The third-order valence-corrected chi connectivity index (χ3v) is 5.40. The lowest BCUT2D eigenvalue weighted by molar-refractivity contribution is 0.326. The van der Waals surface area contributed by atoms with Crippen molar-refractivity contribution in [1.29, 1.82) is 0 Å². The molecule has 0 spiro atoms. The number of nitrogens with zero attached hydrogens (tertiary/aromatic N) is 3. The van der Waals surface area contributed by atoms with Crippen molar-refractivity contribution in [2.75, 3.05) is 37.2 Å². The van der Waals surface area contributed by atoms with Crippen LogP contribution in [0.2, 0.25) is 0 Å². The molecule has 0 bridgehead atoms. The fraction of sp³-hybridized carbons (Fsp3) is 0.263. The smallest absolute Gasteiger partial charge is 0.264 e. The molecule has 0 atom stereocenters. The SMILES string of the molecule is COc1ccc2c(N(CCOS(C)(=O)=O)Cc3c(F)cc(Br)cc3F)c(N)cnc2n1. The van der Waals surface area contributed by atoms with E-state index in [1.54, 1.807) is 12.1 Å². The molecular formula is C19H19BrF2N4O4S. The number of hydrogen-bond acceptors (Lipinski definition) is 8. The summed E-state index contributed by atoms with van der Waals surface area (Å²) in [6.45, 7) is -0.532. The molecule has 0 fully saturated rings. The van der Waals surface area contributed by atoms with Gasteiger partial charge in [0.2, 0.25) is 5.88 Å². The average molecular weight is 517 g/mol. The van der Waals surface area contributed by atoms with Crippen LogP contribution in [0.1, 0.15) is 5.56 Å². The van der Waals surface area contributed by atoms with Gasteiger partial charge in [0.1, 0.15) is 11.6 Å². The van der Waals surface area contributed by atoms with Gasteiger partial charge in [-0.05, 0) is 18.2 Å². The van der Waals surface area contributed by atoms with Gasteiger partial charge in [-0.3, -0.25) is 4.18 Å². The molecular weight excluding hydrogens is 498 g/mol. The number of pyridine rings is 2. The molecule has 8 nitrogen and oxygen atoms in total. The molecule has 0 saturated carbocycles. The van der Waals surface area contributed by atoms with Crippen LogP contribution >= 0.6 is 15.9 Å². The molecule has 0 saturated heterocycles. The fourth-order valence-corrected chi connectivity index (χ4v) is 3.79. The minimum absolute atomic E-state index is 0.0304. The monoisotopic (exact) mass is 516 g/mol. The van der Waals surface area contributed by atoms with Crippen LogP contribution < -0.4 is 15.4 Å². The van der Waals surface area contributed by atoms with E-state index in [2.05, 4.69) is 25.9 Å². The van der Waals surface area contributed by atoms with Crippen LogP contribution in [0.3, 0.4) is 0 Å². The molecule has 0 unspecified atom stereocenters. The van der Waals surface area contributed by atoms with Crippen molar-refractivity contribution >= 4 is 48.5 Å². The molecule has 166 valence electrons. The number of nitrogen functional groups attached to an aromatic ring is 1. The highest BCUT2D eigenvalue weighted by molar-refractivity contribution is 9.10. The van der Waals surface area contributed by atoms with Crippen molar-refractivity contribution in [3.8, 4) is 5.88 Å². The fourth-order valence-electron chi connectivity index (χ4n) is 3.01. The van der Waals surface area contributed by atoms with Crippen molar-refractivity contribution in [1.82, 2.24) is 9.97 Å². The maximum Gasteiger partial charge on any atom is 0.264 e. The van der Waals surface area contributed by atoms with Gasteiger partial charge in [-0.15, -0.1) is 0 Å². The summed E-state index contributed by atoms with van der Waals surface area (Å²) >= 11 is 3.05. The van der Waals surface area contributed by atoms with Gasteiger partial charge in [0.15, 0.2) is 5.65 Å². The van der Waals surface area contributed by atoms with Gasteiger partial charge in [-0.25, -0.2) is 13.8 Å². The lowest BCUT2D eigenvalue weighted by Crippen LogP contribution is -2.30. The van der Waals surface area contributed by atoms with Gasteiger partial charge in [0.25, 0.3) is 10.1 Å². The predicted octanol–water partition coefficient (Wildman–Crippen LogP) is 3.24. The second kappa shape index (κ2) is 9.28. The van der Waals surface area contributed by atoms with Crippen molar-refractivity contribution < 1.29 is 26.1 Å². The van der Waals surface area contributed by atoms with Crippen molar-refractivity contribution in [3.63, 3.8) is 0 Å². The van der Waals surface area contributed by atoms with E-state index in [4.69, 9.17) is 14.7 Å². The number of methoxy groups -OCH3 is 1. The molecule has 2 N–H and O–H groups in total. The van der Waals surface area contributed by atoms with Crippen LogP contribution in [0, 0.1) is 11.6 Å². The van der Waals surface area contributed by atoms with Gasteiger partial charge in [0.05, 0.1) is 37.5 Å². The van der Waals surface area contributed by atoms with E-state index in [-0.39, 0.29) is 35.4 Å². The molecule has 3 aromatic rings. The summed E-state index contributed by atoms with van der Waals surface area (Å²) in [5.41, 5.74) is 6.85. The number of nitrogens with two attached hydrogens (primary N) is 1. The second-order valence-corrected chi connectivity index (χ2v) is 9.14. The van der Waals surface area contributed by atoms with Crippen LogP contribution in [0.15, 0.2) is 34.9 Å². The third-order valence-electron chi connectivity index (χ3n) is 4.34. The van der Waals surface area contributed by atoms with E-state index in [9.17, 15) is 17.2 Å². The first-order chi connectivity index (χ1) is 14.6. The lowest BCUT2D eigenvalue weighted by atomic mass is 10.1. The zero-order chi connectivity index (χ0) is 22.8. The number of aromatic nitrogens is 2. The zero-order valence-corrected chi connectivity index (χ0v) is 19.0. The number of hydrogen-bond donors (Lipinski definition) is 1. The second-order valence-electron chi connectivity index (χ2n) is 6.58. The minimum atomic E-state index is -3.71. The topological polar surface area (TPSA) is 108 Å². The number of benzene rings is 1. The van der Waals surface area contributed by atoms with E-state index < -0.39 is 21.8 Å². The van der Waals surface area contributed by atoms with Crippen LogP contribution in [0.4, 0.5) is 20.2 Å². The molecule has 0 aliphatic carbocycles. The maximum atomic E-state index is 14.5. The summed E-state index contributed by atoms with van der Waals surface area (Å²) in [5.74, 6) is -1.21. The first-order valence-electron chi connectivity index (χ1n) is 8.91. The molecule has 2 aromatic heterocycles. The first kappa shape index (κ1) is 23.1. The lowest BCUT2D eigenvalue weighted by Gasteiger charge is -2.27. The standard InChI is InChI=1S/C19H19BrF2N4O4S/c1-29-17-4-3-12-18(16(23)9-24-19(12)25-17)26(5-6-30-31(2,27)28)10-13-14(21)7-11(20)8-15(13)22/h3-4,7-9H,5-6,10,23H2,1-2H3. The average Bonchev–Trinajstić information content (AvgIpc) is 2.68. The Balaban J connectivity index is 2.09. The molecule has 0 radical (unpaired) electrons. The highest BCUT2D eigenvalue weighted by Gasteiger charge is 2.21. The van der Waals surface area contributed by atoms with Gasteiger partial charge >= 0.3 is 0 Å². The summed E-state index contributed by atoms with van der Waals surface area (Å²) in [6, 6.07) is 5.55. The summed E-state index contributed by atoms with van der Waals surface area (Å²) in [4.78, 5) is 9.96. The number of ether oxygens (including phenoxy) is 1. The van der Waals surface area contributed by atoms with Gasteiger partial charge in [-0.2, -0.15) is 13.4 Å². The summed E-state index contributed by atoms with van der Waals surface area (Å²) < 4.78 is 62.0. The van der Waals surface area contributed by atoms with Gasteiger partial charge in [0, 0.05) is 34.6 Å². The number of anilines is 2. The Morgan fingerprint density at radius 3 is 2.52 bits per heavy atom. The van der Waals surface area contributed by atoms with E-state index in [0.29, 0.717) is 22.6 Å². The van der Waals surface area contributed by atoms with Crippen LogP contribution in [-0.2, 0) is 20.8 Å². The van der Waals surface area contributed by atoms with E-state index in [1.165, 1.54) is 18.2 Å². The van der Waals surface area contributed by atoms with Crippen molar-refractivity contribution in [2.24, 2.45) is 0 Å². The van der Waals surface area contributed by atoms with Crippen molar-refractivity contribution in [3.05, 3.63) is 52.1 Å². The molecule has 1 aromatic carbocycles. The molecule has 0 aliphatic heterocycles. The molecule has 12 heteroatoms. The highest BCUT2D eigenvalue weighted by Crippen LogP contribution is 2.33. The predicted molar refractivity (Wildman–Crippen MR) is 116 cm³/mol. The Morgan fingerprint density at radius 2 is 1.90 bits per heavy atom. The van der Waals surface area contributed by atoms with Crippen LogP contribution in [0.25, 0.3) is 11.0 Å². The van der Waals surface area contributed by atoms with Crippen LogP contribution in [-0.4, -0.2) is 44.9 Å². The largest absolute Gasteiger partial charge is 0.481 e. The Bertz CT molecular complexity index is 1200. The third kappa shape index (κ3) is 5.57. The first-order valence-corrected chi connectivity index (χ1v) is 11.5. The Hall–Kier alpha value is -2.57. The summed E-state index contributed by atoms with van der Waals surface area (Å²) in [5, 5.41) is 0.498. The number of halogens is 3. The highest BCUT2D eigenvalue weighted by atomic mass is 79.9. The zero-order valence-electron chi connectivity index (χ0n) is 16.6. The molecule has 3 rings (SSSR count). The van der Waals surface area contributed by atoms with Gasteiger partial charge < -0.3 is 15.4 Å². The molecule has 2 heterocycles. The Kier molecular flexibility index (Phi) is 6.92. The normalized spacial score (nSPS) is 11.6. The maximum absolute atomic E-state index is 14.5. The van der Waals surface area contributed by atoms with E-state index in [1.807, 2.05) is 0 Å². The Labute approximate surface area is 186 Å². The summed E-state index contributed by atoms with van der Waals surface area (Å²) in [7, 11) is -2.25. The van der Waals surface area contributed by atoms with E-state index >= 15 is 0 Å². The quantitative estimate of drug-likeness (QED) is 0.454. The van der Waals surface area contributed by atoms with E-state index in [0.717, 1.165) is 18.4 Å².